The Labute approximate surface area is 127 Å². The van der Waals surface area contributed by atoms with Crippen LogP contribution >= 0.6 is 0 Å². The van der Waals surface area contributed by atoms with E-state index < -0.39 is 8.32 Å². The van der Waals surface area contributed by atoms with E-state index in [1.807, 2.05) is 25.3 Å². The predicted octanol–water partition coefficient (Wildman–Crippen LogP) is 3.14. The van der Waals surface area contributed by atoms with Crippen molar-refractivity contribution in [1.29, 1.82) is 0 Å². The van der Waals surface area contributed by atoms with E-state index in [1.54, 1.807) is 10.8 Å². The van der Waals surface area contributed by atoms with Crippen LogP contribution < -0.4 is 5.73 Å². The molecule has 2 aromatic rings. The highest BCUT2D eigenvalue weighted by atomic mass is 28.4. The molecule has 2 aromatic heterocycles. The summed E-state index contributed by atoms with van der Waals surface area (Å²) in [6, 6.07) is 3.90. The zero-order valence-electron chi connectivity index (χ0n) is 13.8. The molecular weight excluding hydrogens is 280 g/mol. The van der Waals surface area contributed by atoms with Crippen LogP contribution in [0.4, 0.5) is 0 Å². The van der Waals surface area contributed by atoms with Gasteiger partial charge in [-0.2, -0.15) is 5.10 Å². The topological polar surface area (TPSA) is 65.4 Å². The number of nitrogens with two attached hydrogens (primary N) is 1. The van der Waals surface area contributed by atoms with Crippen LogP contribution in [0.15, 0.2) is 24.7 Å². The van der Waals surface area contributed by atoms with Gasteiger partial charge in [0.1, 0.15) is 6.33 Å². The Morgan fingerprint density at radius 2 is 1.95 bits per heavy atom. The third kappa shape index (κ3) is 3.33. The largest absolute Gasteiger partial charge is 0.408 e. The van der Waals surface area contributed by atoms with Gasteiger partial charge in [-0.1, -0.05) is 26.8 Å². The van der Waals surface area contributed by atoms with Crippen LogP contribution in [0.2, 0.25) is 18.1 Å². The second kappa shape index (κ2) is 5.51. The predicted molar refractivity (Wildman–Crippen MR) is 87.7 cm³/mol. The van der Waals surface area contributed by atoms with E-state index >= 15 is 0 Å². The Bertz CT molecular complexity index is 615. The molecule has 6 heteroatoms. The van der Waals surface area contributed by atoms with Gasteiger partial charge in [-0.15, -0.1) is 0 Å². The molecule has 0 radical (unpaired) electrons. The van der Waals surface area contributed by atoms with Gasteiger partial charge < -0.3 is 10.2 Å². The Balaban J connectivity index is 2.35. The maximum Gasteiger partial charge on any atom is 0.192 e. The highest BCUT2D eigenvalue weighted by Gasteiger charge is 2.40. The SMILES string of the molecule is C[C@H](N)[C@@H](O[Si](C)(C)C(C)(C)C)c1ccc2ncnn2c1. The summed E-state index contributed by atoms with van der Waals surface area (Å²) >= 11 is 0. The number of hydrogen-bond donors (Lipinski definition) is 1. The number of hydrogen-bond acceptors (Lipinski definition) is 4. The van der Waals surface area contributed by atoms with Crippen LogP contribution in [0.3, 0.4) is 0 Å². The first-order valence-corrected chi connectivity index (χ1v) is 10.3. The molecule has 0 saturated heterocycles. The molecule has 2 N–H and O–H groups in total. The summed E-state index contributed by atoms with van der Waals surface area (Å²) < 4.78 is 8.29. The highest BCUT2D eigenvalue weighted by Crippen LogP contribution is 2.40. The van der Waals surface area contributed by atoms with E-state index in [-0.39, 0.29) is 17.2 Å². The van der Waals surface area contributed by atoms with Crippen molar-refractivity contribution in [3.63, 3.8) is 0 Å². The molecule has 2 rings (SSSR count). The minimum atomic E-state index is -1.89. The Hall–Kier alpha value is -1.24. The van der Waals surface area contributed by atoms with Crippen molar-refractivity contribution in [1.82, 2.24) is 14.6 Å². The van der Waals surface area contributed by atoms with E-state index in [0.29, 0.717) is 0 Å². The quantitative estimate of drug-likeness (QED) is 0.881. The third-order valence-corrected chi connectivity index (χ3v) is 8.79. The average molecular weight is 306 g/mol. The van der Waals surface area contributed by atoms with Crippen LogP contribution in [0.25, 0.3) is 5.65 Å². The second-order valence-corrected chi connectivity index (χ2v) is 11.9. The first kappa shape index (κ1) is 16.1. The molecule has 0 aliphatic rings. The van der Waals surface area contributed by atoms with Gasteiger partial charge in [0, 0.05) is 12.2 Å². The van der Waals surface area contributed by atoms with Gasteiger partial charge in [0.15, 0.2) is 14.0 Å². The molecule has 0 bridgehead atoms. The molecule has 0 fully saturated rings. The van der Waals surface area contributed by atoms with Gasteiger partial charge in [0.05, 0.1) is 6.10 Å². The fourth-order valence-electron chi connectivity index (χ4n) is 1.97. The van der Waals surface area contributed by atoms with Gasteiger partial charge in [-0.3, -0.25) is 0 Å². The lowest BCUT2D eigenvalue weighted by molar-refractivity contribution is 0.160. The third-order valence-electron chi connectivity index (χ3n) is 4.33. The summed E-state index contributed by atoms with van der Waals surface area (Å²) in [6.45, 7) is 13.2. The van der Waals surface area contributed by atoms with Crippen molar-refractivity contribution in [2.45, 2.75) is 58.0 Å². The zero-order valence-corrected chi connectivity index (χ0v) is 14.8. The van der Waals surface area contributed by atoms with Crippen molar-refractivity contribution in [2.24, 2.45) is 5.73 Å². The van der Waals surface area contributed by atoms with Crippen molar-refractivity contribution in [3.8, 4) is 0 Å². The van der Waals surface area contributed by atoms with Crippen molar-refractivity contribution in [2.75, 3.05) is 0 Å². The maximum absolute atomic E-state index is 6.53. The summed E-state index contributed by atoms with van der Waals surface area (Å²) in [5.74, 6) is 0. The lowest BCUT2D eigenvalue weighted by Crippen LogP contribution is -2.45. The van der Waals surface area contributed by atoms with E-state index in [9.17, 15) is 0 Å². The normalized spacial score (nSPS) is 16.1. The van der Waals surface area contributed by atoms with Crippen LogP contribution in [0, 0.1) is 0 Å². The van der Waals surface area contributed by atoms with E-state index in [4.69, 9.17) is 10.2 Å². The van der Waals surface area contributed by atoms with Crippen LogP contribution in [0.1, 0.15) is 39.4 Å². The van der Waals surface area contributed by atoms with Crippen molar-refractivity contribution < 1.29 is 4.43 Å². The smallest absolute Gasteiger partial charge is 0.192 e. The minimum Gasteiger partial charge on any atom is -0.408 e. The maximum atomic E-state index is 6.53. The molecule has 0 aliphatic carbocycles. The van der Waals surface area contributed by atoms with Gasteiger partial charge in [0.2, 0.25) is 0 Å². The zero-order chi connectivity index (χ0) is 15.8. The molecule has 0 unspecified atom stereocenters. The number of pyridine rings is 1. The Morgan fingerprint density at radius 3 is 2.52 bits per heavy atom. The molecule has 0 amide bonds. The number of nitrogens with zero attached hydrogens (tertiary/aromatic N) is 3. The standard InChI is InChI=1S/C15H26N4OSi/c1-11(16)14(20-21(5,6)15(2,3)4)12-7-8-13-17-10-18-19(13)9-12/h7-11,14H,16H2,1-6H3/t11-,14+/m0/s1. The Morgan fingerprint density at radius 1 is 1.29 bits per heavy atom. The molecule has 0 saturated carbocycles. The summed E-state index contributed by atoms with van der Waals surface area (Å²) in [7, 11) is -1.89. The van der Waals surface area contributed by atoms with Crippen LogP contribution in [0.5, 0.6) is 0 Å². The molecule has 21 heavy (non-hydrogen) atoms. The lowest BCUT2D eigenvalue weighted by Gasteiger charge is -2.40. The van der Waals surface area contributed by atoms with Crippen molar-refractivity contribution in [3.05, 3.63) is 30.2 Å². The van der Waals surface area contributed by atoms with Gasteiger partial charge in [-0.25, -0.2) is 9.50 Å². The lowest BCUT2D eigenvalue weighted by atomic mass is 10.1. The molecule has 2 atom stereocenters. The molecule has 0 aliphatic heterocycles. The molecule has 0 spiro atoms. The van der Waals surface area contributed by atoms with E-state index in [2.05, 4.69) is 43.9 Å². The molecule has 2 heterocycles. The van der Waals surface area contributed by atoms with Crippen LogP contribution in [-0.4, -0.2) is 29.0 Å². The second-order valence-electron chi connectivity index (χ2n) is 7.18. The average Bonchev–Trinajstić information content (AvgIpc) is 2.81. The molecular formula is C15H26N4OSi. The number of fused-ring (bicyclic) bond motifs is 1. The monoisotopic (exact) mass is 306 g/mol. The van der Waals surface area contributed by atoms with Crippen molar-refractivity contribution >= 4 is 14.0 Å². The van der Waals surface area contributed by atoms with Crippen LogP contribution in [-0.2, 0) is 4.43 Å². The molecule has 0 aromatic carbocycles. The minimum absolute atomic E-state index is 0.0832. The highest BCUT2D eigenvalue weighted by molar-refractivity contribution is 6.74. The molecule has 5 nitrogen and oxygen atoms in total. The summed E-state index contributed by atoms with van der Waals surface area (Å²) in [6.07, 6.45) is 3.39. The fourth-order valence-corrected chi connectivity index (χ4v) is 3.31. The van der Waals surface area contributed by atoms with Gasteiger partial charge in [-0.05, 0) is 36.7 Å². The molecule has 116 valence electrons. The summed E-state index contributed by atoms with van der Waals surface area (Å²) in [5.41, 5.74) is 8.07. The Kier molecular flexibility index (Phi) is 4.23. The van der Waals surface area contributed by atoms with Gasteiger partial charge in [0.25, 0.3) is 0 Å². The summed E-state index contributed by atoms with van der Waals surface area (Å²) in [5, 5.41) is 4.34. The first-order chi connectivity index (χ1) is 9.62. The fraction of sp³-hybridized carbons (Fsp3) is 0.600. The summed E-state index contributed by atoms with van der Waals surface area (Å²) in [4.78, 5) is 4.17. The number of rotatable bonds is 4. The number of aromatic nitrogens is 3. The van der Waals surface area contributed by atoms with Gasteiger partial charge >= 0.3 is 0 Å². The van der Waals surface area contributed by atoms with E-state index in [0.717, 1.165) is 11.2 Å². The van der Waals surface area contributed by atoms with E-state index in [1.165, 1.54) is 0 Å². The first-order valence-electron chi connectivity index (χ1n) is 7.34.